The fourth-order valence-electron chi connectivity index (χ4n) is 6.51. The third-order valence-corrected chi connectivity index (χ3v) is 9.73. The number of hydrogen-bond donors (Lipinski definition) is 3. The highest BCUT2D eigenvalue weighted by Crippen LogP contribution is 2.46. The third kappa shape index (κ3) is 7.01. The summed E-state index contributed by atoms with van der Waals surface area (Å²) in [5.41, 5.74) is 9.31. The SMILES string of the molecule is CCC(C)C(NC(=O)CCC1C2=NC(=CC3=NC(=CC4=NC(=CC5=NC(=C2)C(CCC(=O)O)=C5C)C=C4C)C=C3C)C1(C)C)C(=O)O. The van der Waals surface area contributed by atoms with Gasteiger partial charge in [-0.15, -0.1) is 0 Å². The molecule has 3 N–H and O–H groups in total. The Hall–Kier alpha value is -4.73. The molecule has 246 valence electrons. The van der Waals surface area contributed by atoms with Crippen LogP contribution >= 0.6 is 0 Å². The van der Waals surface area contributed by atoms with Gasteiger partial charge in [-0.25, -0.2) is 19.8 Å². The molecular weight excluding hydrogens is 594 g/mol. The lowest BCUT2D eigenvalue weighted by Gasteiger charge is -2.29. The Balaban J connectivity index is 1.59. The van der Waals surface area contributed by atoms with Gasteiger partial charge in [0, 0.05) is 35.6 Å². The van der Waals surface area contributed by atoms with E-state index in [0.717, 1.165) is 56.5 Å². The fourth-order valence-corrected chi connectivity index (χ4v) is 6.51. The van der Waals surface area contributed by atoms with Gasteiger partial charge in [-0.3, -0.25) is 14.6 Å². The summed E-state index contributed by atoms with van der Waals surface area (Å²) in [6.45, 7) is 13.9. The second-order valence-corrected chi connectivity index (χ2v) is 13.5. The topological polar surface area (TPSA) is 153 Å². The first-order valence-electron chi connectivity index (χ1n) is 16.2. The molecule has 10 nitrogen and oxygen atoms in total. The molecule has 0 aromatic heterocycles. The van der Waals surface area contributed by atoms with E-state index in [4.69, 9.17) is 20.0 Å². The zero-order valence-electron chi connectivity index (χ0n) is 28.1. The highest BCUT2D eigenvalue weighted by Gasteiger charge is 2.42. The maximum Gasteiger partial charge on any atom is 0.326 e. The highest BCUT2D eigenvalue weighted by atomic mass is 16.4. The average molecular weight is 638 g/mol. The summed E-state index contributed by atoms with van der Waals surface area (Å²) in [5.74, 6) is -2.68. The first kappa shape index (κ1) is 33.6. The van der Waals surface area contributed by atoms with Crippen LogP contribution in [0.4, 0.5) is 0 Å². The predicted molar refractivity (Wildman–Crippen MR) is 185 cm³/mol. The quantitative estimate of drug-likeness (QED) is 0.251. The van der Waals surface area contributed by atoms with Crippen LogP contribution in [0, 0.1) is 17.3 Å². The van der Waals surface area contributed by atoms with Gasteiger partial charge in [0.1, 0.15) is 6.04 Å². The maximum atomic E-state index is 13.1. The first-order chi connectivity index (χ1) is 22.2. The van der Waals surface area contributed by atoms with E-state index in [1.165, 1.54) is 0 Å². The molecule has 0 saturated heterocycles. The van der Waals surface area contributed by atoms with Crippen molar-refractivity contribution in [3.8, 4) is 0 Å². The lowest BCUT2D eigenvalue weighted by Crippen LogP contribution is -2.45. The van der Waals surface area contributed by atoms with E-state index in [2.05, 4.69) is 19.2 Å². The molecule has 5 aliphatic heterocycles. The summed E-state index contributed by atoms with van der Waals surface area (Å²) in [6.07, 6.45) is 13.3. The van der Waals surface area contributed by atoms with Crippen molar-refractivity contribution in [1.29, 1.82) is 0 Å². The molecule has 47 heavy (non-hydrogen) atoms. The Morgan fingerprint density at radius 1 is 0.851 bits per heavy atom. The standard InChI is InChI=1S/C37H43N5O5/c1-8-19(2)35(36(46)47)42-33(43)11-10-26-31-17-30-25(9-12-34(44)45)22(5)29(40-30)16-24-13-20(3)27(38-24)15-23-14-21(4)28(39-23)18-32(41-31)37(26,6)7/h13-19,26,35H,8-12H2,1-7H3,(H,42,43)(H,44,45)(H,46,47). The number of carbonyl (C=O) groups is 3. The molecular formula is C37H43N5O5. The van der Waals surface area contributed by atoms with Crippen molar-refractivity contribution in [1.82, 2.24) is 5.32 Å². The van der Waals surface area contributed by atoms with E-state index in [-0.39, 0.29) is 30.6 Å². The summed E-state index contributed by atoms with van der Waals surface area (Å²) in [6, 6.07) is -0.959. The van der Waals surface area contributed by atoms with E-state index >= 15 is 0 Å². The molecule has 0 aromatic carbocycles. The minimum atomic E-state index is -1.05. The van der Waals surface area contributed by atoms with Crippen LogP contribution in [-0.4, -0.2) is 56.9 Å². The van der Waals surface area contributed by atoms with Gasteiger partial charge >= 0.3 is 11.9 Å². The zero-order valence-corrected chi connectivity index (χ0v) is 28.1. The number of rotatable bonds is 10. The van der Waals surface area contributed by atoms with Gasteiger partial charge in [-0.05, 0) is 98.3 Å². The van der Waals surface area contributed by atoms with Crippen LogP contribution < -0.4 is 5.32 Å². The number of hydrogen-bond acceptors (Lipinski definition) is 7. The number of carboxylic acids is 2. The number of carboxylic acid groups (broad SMARTS) is 2. The number of aliphatic imine (C=N–C) groups is 4. The fraction of sp³-hybridized carbons (Fsp3) is 0.432. The van der Waals surface area contributed by atoms with Gasteiger partial charge in [0.05, 0.1) is 34.2 Å². The Labute approximate surface area is 275 Å². The highest BCUT2D eigenvalue weighted by molar-refractivity contribution is 6.17. The van der Waals surface area contributed by atoms with E-state index in [1.54, 1.807) is 0 Å². The second-order valence-electron chi connectivity index (χ2n) is 13.5. The summed E-state index contributed by atoms with van der Waals surface area (Å²) >= 11 is 0. The van der Waals surface area contributed by atoms with Gasteiger partial charge in [-0.1, -0.05) is 34.1 Å². The van der Waals surface area contributed by atoms with E-state index in [1.807, 2.05) is 71.1 Å². The van der Waals surface area contributed by atoms with Crippen molar-refractivity contribution in [3.63, 3.8) is 0 Å². The van der Waals surface area contributed by atoms with E-state index in [0.29, 0.717) is 30.7 Å². The second kappa shape index (κ2) is 13.2. The predicted octanol–water partition coefficient (Wildman–Crippen LogP) is 6.47. The smallest absolute Gasteiger partial charge is 0.326 e. The number of amides is 1. The van der Waals surface area contributed by atoms with Crippen molar-refractivity contribution in [3.05, 3.63) is 81.5 Å². The normalized spacial score (nSPS) is 22.5. The molecule has 10 heteroatoms. The summed E-state index contributed by atoms with van der Waals surface area (Å²) in [5, 5.41) is 22.0. The number of nitrogens with zero attached hydrogens (tertiary/aromatic N) is 4. The lowest BCUT2D eigenvalue weighted by atomic mass is 9.73. The Bertz CT molecular complexity index is 1790. The minimum Gasteiger partial charge on any atom is -0.481 e. The molecule has 5 aliphatic rings. The van der Waals surface area contributed by atoms with E-state index < -0.39 is 23.4 Å². The number of fused-ring (bicyclic) bond motifs is 4. The molecule has 0 aliphatic carbocycles. The molecule has 3 unspecified atom stereocenters. The molecule has 0 saturated carbocycles. The number of allylic oxidation sites excluding steroid dienone is 11. The van der Waals surface area contributed by atoms with Crippen molar-refractivity contribution in [2.24, 2.45) is 37.2 Å². The summed E-state index contributed by atoms with van der Waals surface area (Å²) < 4.78 is 0. The summed E-state index contributed by atoms with van der Waals surface area (Å²) in [4.78, 5) is 56.5. The van der Waals surface area contributed by atoms with Crippen LogP contribution in [0.5, 0.6) is 0 Å². The first-order valence-corrected chi connectivity index (χ1v) is 16.2. The molecule has 0 radical (unpaired) electrons. The molecule has 5 heterocycles. The lowest BCUT2D eigenvalue weighted by molar-refractivity contribution is -0.143. The van der Waals surface area contributed by atoms with Gasteiger partial charge in [0.2, 0.25) is 5.91 Å². The molecule has 1 amide bonds. The van der Waals surface area contributed by atoms with Gasteiger partial charge in [-0.2, -0.15) is 0 Å². The number of carbonyl (C=O) groups excluding carboxylic acids is 1. The molecule has 0 spiro atoms. The van der Waals surface area contributed by atoms with Crippen LogP contribution in [0.15, 0.2) is 102 Å². The largest absolute Gasteiger partial charge is 0.481 e. The maximum absolute atomic E-state index is 13.1. The Morgan fingerprint density at radius 3 is 2.06 bits per heavy atom. The van der Waals surface area contributed by atoms with Crippen LogP contribution in [-0.2, 0) is 14.4 Å². The number of aliphatic carboxylic acids is 2. The van der Waals surface area contributed by atoms with Crippen molar-refractivity contribution >= 4 is 40.7 Å². The van der Waals surface area contributed by atoms with E-state index in [9.17, 15) is 24.6 Å². The van der Waals surface area contributed by atoms with Crippen LogP contribution in [0.1, 0.15) is 80.6 Å². The molecule has 3 atom stereocenters. The zero-order chi connectivity index (χ0) is 34.2. The van der Waals surface area contributed by atoms with Gasteiger partial charge in [0.25, 0.3) is 0 Å². The van der Waals surface area contributed by atoms with Crippen LogP contribution in [0.25, 0.3) is 0 Å². The molecule has 5 rings (SSSR count). The summed E-state index contributed by atoms with van der Waals surface area (Å²) in [7, 11) is 0. The van der Waals surface area contributed by atoms with Gasteiger partial charge < -0.3 is 15.5 Å². The third-order valence-electron chi connectivity index (χ3n) is 9.73. The molecule has 8 bridgehead atoms. The molecule has 0 fully saturated rings. The average Bonchev–Trinajstić information content (AvgIpc) is 3.67. The van der Waals surface area contributed by atoms with Gasteiger partial charge in [0.15, 0.2) is 0 Å². The van der Waals surface area contributed by atoms with Crippen LogP contribution in [0.2, 0.25) is 0 Å². The minimum absolute atomic E-state index is 0.0443. The van der Waals surface area contributed by atoms with Crippen molar-refractivity contribution in [2.75, 3.05) is 0 Å². The Morgan fingerprint density at radius 2 is 1.47 bits per heavy atom. The van der Waals surface area contributed by atoms with Crippen LogP contribution in [0.3, 0.4) is 0 Å². The van der Waals surface area contributed by atoms with Crippen molar-refractivity contribution < 1.29 is 24.6 Å². The monoisotopic (exact) mass is 637 g/mol. The van der Waals surface area contributed by atoms with Crippen molar-refractivity contribution in [2.45, 2.75) is 86.6 Å². The Kier molecular flexibility index (Phi) is 9.43. The number of nitrogens with one attached hydrogen (secondary N) is 1. The molecule has 0 aromatic rings.